The molecule has 0 heterocycles. The number of carbonyl (C=O) groups is 1. The van der Waals surface area contributed by atoms with Crippen molar-refractivity contribution in [3.05, 3.63) is 0 Å². The number of ketones is 1. The molecule has 0 aromatic rings. The van der Waals surface area contributed by atoms with Gasteiger partial charge in [-0.1, -0.05) is 6.92 Å². The minimum absolute atomic E-state index is 0.132. The molecule has 0 amide bonds. The molecule has 3 rings (SSSR count). The van der Waals surface area contributed by atoms with Crippen molar-refractivity contribution in [2.24, 2.45) is 23.2 Å². The molecule has 3 saturated carbocycles. The van der Waals surface area contributed by atoms with Gasteiger partial charge in [-0.05, 0) is 49.9 Å². The van der Waals surface area contributed by atoms with E-state index in [1.54, 1.807) is 0 Å². The number of hydrogen-bond acceptors (Lipinski definition) is 1. The predicted molar refractivity (Wildman–Crippen MR) is 51.3 cm³/mol. The summed E-state index contributed by atoms with van der Waals surface area (Å²) in [5.41, 5.74) is 0.132. The monoisotopic (exact) mass is 178 g/mol. The van der Waals surface area contributed by atoms with Crippen molar-refractivity contribution < 1.29 is 4.79 Å². The Kier molecular flexibility index (Phi) is 1.46. The minimum atomic E-state index is 0.132. The van der Waals surface area contributed by atoms with Crippen molar-refractivity contribution in [1.82, 2.24) is 0 Å². The summed E-state index contributed by atoms with van der Waals surface area (Å²) >= 11 is 0. The van der Waals surface area contributed by atoms with E-state index in [1.807, 2.05) is 0 Å². The Morgan fingerprint density at radius 1 is 1.23 bits per heavy atom. The number of rotatable bonds is 3. The fourth-order valence-corrected chi connectivity index (χ4v) is 2.98. The summed E-state index contributed by atoms with van der Waals surface area (Å²) in [5, 5.41) is 0. The fraction of sp³-hybridized carbons (Fsp3) is 0.917. The van der Waals surface area contributed by atoms with Crippen LogP contribution in [0.3, 0.4) is 0 Å². The van der Waals surface area contributed by atoms with Crippen molar-refractivity contribution in [2.45, 2.75) is 45.4 Å². The second kappa shape index (κ2) is 2.37. The molecular weight excluding hydrogens is 160 g/mol. The van der Waals surface area contributed by atoms with Gasteiger partial charge in [0.05, 0.1) is 0 Å². The minimum Gasteiger partial charge on any atom is -0.299 e. The van der Waals surface area contributed by atoms with Gasteiger partial charge >= 0.3 is 0 Å². The maximum absolute atomic E-state index is 11.8. The molecule has 0 bridgehead atoms. The molecule has 2 atom stereocenters. The van der Waals surface area contributed by atoms with Crippen LogP contribution in [0, 0.1) is 23.2 Å². The molecule has 0 N–H and O–H groups in total. The van der Waals surface area contributed by atoms with Crippen molar-refractivity contribution in [1.29, 1.82) is 0 Å². The van der Waals surface area contributed by atoms with E-state index in [-0.39, 0.29) is 5.41 Å². The van der Waals surface area contributed by atoms with Gasteiger partial charge in [-0.3, -0.25) is 4.79 Å². The molecule has 1 heteroatoms. The number of fused-ring (bicyclic) bond motifs is 1. The lowest BCUT2D eigenvalue weighted by molar-refractivity contribution is -0.124. The Labute approximate surface area is 79.9 Å². The fourth-order valence-electron chi connectivity index (χ4n) is 2.98. The molecule has 0 radical (unpaired) electrons. The zero-order valence-electron chi connectivity index (χ0n) is 8.38. The van der Waals surface area contributed by atoms with Crippen molar-refractivity contribution in [3.8, 4) is 0 Å². The van der Waals surface area contributed by atoms with E-state index in [4.69, 9.17) is 0 Å². The predicted octanol–water partition coefficient (Wildman–Crippen LogP) is 2.79. The van der Waals surface area contributed by atoms with E-state index in [9.17, 15) is 4.79 Å². The molecule has 3 fully saturated rings. The molecule has 0 aliphatic heterocycles. The standard InChI is InChI=1S/C12H18O/c1-12(2-3-12)11(13)6-8-4-9-7-10(9)5-8/h8-10H,2-7H2,1H3. The van der Waals surface area contributed by atoms with Gasteiger partial charge in [0.1, 0.15) is 5.78 Å². The summed E-state index contributed by atoms with van der Waals surface area (Å²) in [6, 6.07) is 0. The van der Waals surface area contributed by atoms with Gasteiger partial charge in [0.2, 0.25) is 0 Å². The maximum Gasteiger partial charge on any atom is 0.139 e. The average Bonchev–Trinajstić information content (AvgIpc) is 2.96. The van der Waals surface area contributed by atoms with Crippen LogP contribution in [0.15, 0.2) is 0 Å². The summed E-state index contributed by atoms with van der Waals surface area (Å²) in [7, 11) is 0. The van der Waals surface area contributed by atoms with E-state index in [2.05, 4.69) is 6.92 Å². The number of Topliss-reactive ketones (excluding diaryl/α,β-unsaturated/α-hetero) is 1. The quantitative estimate of drug-likeness (QED) is 0.649. The first-order valence-electron chi connectivity index (χ1n) is 5.71. The van der Waals surface area contributed by atoms with Gasteiger partial charge in [0, 0.05) is 11.8 Å². The first-order valence-corrected chi connectivity index (χ1v) is 5.71. The molecule has 0 saturated heterocycles. The number of hydrogen-bond donors (Lipinski definition) is 0. The first-order chi connectivity index (χ1) is 6.17. The van der Waals surface area contributed by atoms with Crippen LogP contribution in [0.2, 0.25) is 0 Å². The zero-order valence-corrected chi connectivity index (χ0v) is 8.38. The Morgan fingerprint density at radius 2 is 1.85 bits per heavy atom. The van der Waals surface area contributed by atoms with Crippen LogP contribution in [-0.4, -0.2) is 5.78 Å². The lowest BCUT2D eigenvalue weighted by Gasteiger charge is -2.13. The highest BCUT2D eigenvalue weighted by molar-refractivity contribution is 5.87. The van der Waals surface area contributed by atoms with Gasteiger partial charge < -0.3 is 0 Å². The molecule has 3 aliphatic carbocycles. The van der Waals surface area contributed by atoms with Gasteiger partial charge in [0.15, 0.2) is 0 Å². The summed E-state index contributed by atoms with van der Waals surface area (Å²) in [6.07, 6.45) is 7.43. The highest BCUT2D eigenvalue weighted by Crippen LogP contribution is 2.56. The van der Waals surface area contributed by atoms with Crippen LogP contribution in [0.4, 0.5) is 0 Å². The molecule has 1 nitrogen and oxygen atoms in total. The van der Waals surface area contributed by atoms with Crippen molar-refractivity contribution in [3.63, 3.8) is 0 Å². The molecular formula is C12H18O. The first kappa shape index (κ1) is 8.02. The van der Waals surface area contributed by atoms with E-state index >= 15 is 0 Å². The van der Waals surface area contributed by atoms with Crippen LogP contribution in [0.5, 0.6) is 0 Å². The van der Waals surface area contributed by atoms with Crippen molar-refractivity contribution in [2.75, 3.05) is 0 Å². The lowest BCUT2D eigenvalue weighted by Crippen LogP contribution is -2.15. The van der Waals surface area contributed by atoms with E-state index in [1.165, 1.54) is 19.3 Å². The summed E-state index contributed by atoms with van der Waals surface area (Å²) < 4.78 is 0. The molecule has 0 aromatic heterocycles. The SMILES string of the molecule is CC1(C(=O)CC2CC3CC3C2)CC1. The average molecular weight is 178 g/mol. The molecule has 2 unspecified atom stereocenters. The van der Waals surface area contributed by atoms with Gasteiger partial charge in [-0.15, -0.1) is 0 Å². The topological polar surface area (TPSA) is 17.1 Å². The highest BCUT2D eigenvalue weighted by atomic mass is 16.1. The second-order valence-corrected chi connectivity index (χ2v) is 5.78. The van der Waals surface area contributed by atoms with Crippen LogP contribution < -0.4 is 0 Å². The maximum atomic E-state index is 11.8. The molecule has 0 aromatic carbocycles. The van der Waals surface area contributed by atoms with E-state index < -0.39 is 0 Å². The van der Waals surface area contributed by atoms with Crippen LogP contribution in [-0.2, 0) is 4.79 Å². The molecule has 72 valence electrons. The second-order valence-electron chi connectivity index (χ2n) is 5.78. The highest BCUT2D eigenvalue weighted by Gasteiger charge is 2.49. The third kappa shape index (κ3) is 1.33. The van der Waals surface area contributed by atoms with Gasteiger partial charge in [0.25, 0.3) is 0 Å². The van der Waals surface area contributed by atoms with Gasteiger partial charge in [-0.25, -0.2) is 0 Å². The summed E-state index contributed by atoms with van der Waals surface area (Å²) in [5.74, 6) is 3.40. The third-order valence-electron chi connectivity index (χ3n) is 4.49. The molecule has 0 spiro atoms. The Balaban J connectivity index is 1.54. The Morgan fingerprint density at radius 3 is 2.38 bits per heavy atom. The van der Waals surface area contributed by atoms with Crippen LogP contribution >= 0.6 is 0 Å². The van der Waals surface area contributed by atoms with Crippen LogP contribution in [0.1, 0.15) is 45.4 Å². The summed E-state index contributed by atoms with van der Waals surface area (Å²) in [4.78, 5) is 11.8. The smallest absolute Gasteiger partial charge is 0.139 e. The Bertz CT molecular complexity index is 242. The Hall–Kier alpha value is -0.330. The lowest BCUT2D eigenvalue weighted by atomic mass is 9.90. The van der Waals surface area contributed by atoms with Crippen LogP contribution in [0.25, 0.3) is 0 Å². The summed E-state index contributed by atoms with van der Waals surface area (Å²) in [6.45, 7) is 2.14. The van der Waals surface area contributed by atoms with E-state index in [0.717, 1.165) is 37.0 Å². The largest absolute Gasteiger partial charge is 0.299 e. The zero-order chi connectivity index (χ0) is 9.05. The molecule has 3 aliphatic rings. The number of carbonyl (C=O) groups excluding carboxylic acids is 1. The van der Waals surface area contributed by atoms with Crippen molar-refractivity contribution >= 4 is 5.78 Å². The molecule has 13 heavy (non-hydrogen) atoms. The van der Waals surface area contributed by atoms with Gasteiger partial charge in [-0.2, -0.15) is 0 Å². The normalized spacial score (nSPS) is 44.2. The van der Waals surface area contributed by atoms with E-state index in [0.29, 0.717) is 5.78 Å². The third-order valence-corrected chi connectivity index (χ3v) is 4.49.